The van der Waals surface area contributed by atoms with Crippen molar-refractivity contribution in [2.45, 2.75) is 212 Å². The number of carbonyl (C=O) groups is 3. The molecule has 33 heteroatoms. The maximum Gasteiger partial charge on any atom is 0.217 e. The highest BCUT2D eigenvalue weighted by molar-refractivity contribution is 5.74. The van der Waals surface area contributed by atoms with E-state index in [2.05, 4.69) is 16.0 Å². The van der Waals surface area contributed by atoms with Gasteiger partial charge >= 0.3 is 0 Å². The van der Waals surface area contributed by atoms with Crippen LogP contribution < -0.4 is 16.0 Å². The Morgan fingerprint density at radius 1 is 0.385 bits per heavy atom. The van der Waals surface area contributed by atoms with Crippen LogP contribution in [0, 0.1) is 5.92 Å². The van der Waals surface area contributed by atoms with Gasteiger partial charge in [-0.05, 0) is 13.3 Å². The van der Waals surface area contributed by atoms with Gasteiger partial charge in [-0.3, -0.25) is 14.4 Å². The molecule has 452 valence electrons. The van der Waals surface area contributed by atoms with Crippen LogP contribution in [0.1, 0.15) is 34.1 Å². The summed E-state index contributed by atoms with van der Waals surface area (Å²) in [7, 11) is 0. The molecule has 6 aliphatic heterocycles. The van der Waals surface area contributed by atoms with Gasteiger partial charge in [-0.25, -0.2) is 0 Å². The number of nitrogens with one attached hydrogen (secondary N) is 3. The minimum Gasteiger partial charge on any atom is -0.394 e. The van der Waals surface area contributed by atoms with Crippen molar-refractivity contribution in [2.24, 2.45) is 5.92 Å². The Hall–Kier alpha value is -2.67. The van der Waals surface area contributed by atoms with Crippen molar-refractivity contribution in [3.63, 3.8) is 0 Å². The average Bonchev–Trinajstić information content (AvgIpc) is 3.44. The zero-order valence-electron chi connectivity index (χ0n) is 42.8. The Labute approximate surface area is 445 Å². The molecule has 78 heavy (non-hydrogen) atoms. The summed E-state index contributed by atoms with van der Waals surface area (Å²) in [4.78, 5) is 36.7. The molecule has 0 spiro atoms. The first-order chi connectivity index (χ1) is 36.9. The summed E-state index contributed by atoms with van der Waals surface area (Å²) in [5.41, 5.74) is 0. The number of ether oxygens (including phenoxy) is 11. The molecule has 0 aliphatic carbocycles. The van der Waals surface area contributed by atoms with Gasteiger partial charge in [-0.15, -0.1) is 0 Å². The number of hydrogen-bond acceptors (Lipinski definition) is 30. The van der Waals surface area contributed by atoms with Crippen LogP contribution in [0.4, 0.5) is 0 Å². The first-order valence-corrected chi connectivity index (χ1v) is 25.4. The van der Waals surface area contributed by atoms with Crippen molar-refractivity contribution >= 4 is 17.7 Å². The highest BCUT2D eigenvalue weighted by Gasteiger charge is 2.57. The van der Waals surface area contributed by atoms with Crippen molar-refractivity contribution in [1.29, 1.82) is 0 Å². The molecule has 0 radical (unpaired) electrons. The van der Waals surface area contributed by atoms with Gasteiger partial charge in [-0.2, -0.15) is 0 Å². The lowest BCUT2D eigenvalue weighted by atomic mass is 9.88. The van der Waals surface area contributed by atoms with Crippen molar-refractivity contribution in [3.8, 4) is 0 Å². The van der Waals surface area contributed by atoms with E-state index in [1.54, 1.807) is 0 Å². The first-order valence-electron chi connectivity index (χ1n) is 25.4. The first kappa shape index (κ1) is 64.5. The normalized spacial score (nSPS) is 47.2. The monoisotopic (exact) mass is 1140 g/mol. The van der Waals surface area contributed by atoms with E-state index in [9.17, 15) is 96.1 Å². The molecule has 0 aromatic heterocycles. The third kappa shape index (κ3) is 14.6. The number of amides is 3. The fraction of sp³-hybridized carbons (Fsp3) is 0.933. The number of hydrogen-bond donors (Lipinski definition) is 19. The van der Waals surface area contributed by atoms with Crippen molar-refractivity contribution < 1.29 is 148 Å². The van der Waals surface area contributed by atoms with Crippen LogP contribution in [0.3, 0.4) is 0 Å². The molecule has 3 amide bonds. The summed E-state index contributed by atoms with van der Waals surface area (Å²) in [5, 5.41) is 180. The molecule has 6 fully saturated rings. The molecule has 0 aromatic carbocycles. The smallest absolute Gasteiger partial charge is 0.217 e. The van der Waals surface area contributed by atoms with Crippen LogP contribution in [0.2, 0.25) is 0 Å². The van der Waals surface area contributed by atoms with Crippen LogP contribution >= 0.6 is 0 Å². The average molecular weight is 1140 g/mol. The molecular weight excluding hydrogens is 1060 g/mol. The summed E-state index contributed by atoms with van der Waals surface area (Å²) in [6.45, 7) is -0.701. The quantitative estimate of drug-likeness (QED) is 0.0507. The van der Waals surface area contributed by atoms with Gasteiger partial charge in [0.05, 0.1) is 64.5 Å². The Morgan fingerprint density at radius 2 is 0.795 bits per heavy atom. The topological polar surface area (TPSA) is 513 Å². The van der Waals surface area contributed by atoms with E-state index in [0.29, 0.717) is 0 Å². The highest BCUT2D eigenvalue weighted by atomic mass is 16.8. The van der Waals surface area contributed by atoms with Crippen molar-refractivity contribution in [2.75, 3.05) is 46.2 Å². The van der Waals surface area contributed by atoms with Crippen LogP contribution in [-0.4, -0.2) is 323 Å². The fourth-order valence-electron chi connectivity index (χ4n) is 10.3. The standard InChI is InChI=1S/C45H77N3O30/c1-13-24(46-14(2)54)33(63)38(21(10-52)70-13)76-43-26(48-16(4)56)34(64)39(22(11-53)74-43)77-45-37(67)40(78-44-36(66)35(65)30(60)20(9-51)73-44)31(61)23(75-45)12-69-41-17(27(57)28(58)18(7-49)71-41)5-6-68-42-25(47-15(3)55)32(62)29(59)19(8-50)72-42/h13,17-45,49-53,57-67H,5-12H2,1-4H3,(H,46,54)(H,47,55)(H,48,56)/t13-,17?,18?,19-,20?,21?,22?,23?,24?,25?,26?,27+,28+,29+,30+,31+,32?,33+,34+,35?,36?,37?,38+,39+,40-,41-,42+,43-,44+,45-/m0/s1. The lowest BCUT2D eigenvalue weighted by Crippen LogP contribution is -2.70. The predicted molar refractivity (Wildman–Crippen MR) is 247 cm³/mol. The number of aliphatic hydroxyl groups excluding tert-OH is 16. The van der Waals surface area contributed by atoms with Gasteiger partial charge in [0.1, 0.15) is 128 Å². The summed E-state index contributed by atoms with van der Waals surface area (Å²) < 4.78 is 64.6. The molecule has 19 N–H and O–H groups in total. The van der Waals surface area contributed by atoms with Crippen LogP contribution in [0.5, 0.6) is 0 Å². The number of carbonyl (C=O) groups excluding carboxylic acids is 3. The lowest BCUT2D eigenvalue weighted by Gasteiger charge is -2.50. The van der Waals surface area contributed by atoms with E-state index in [1.165, 1.54) is 13.8 Å². The van der Waals surface area contributed by atoms with Crippen LogP contribution in [0.15, 0.2) is 0 Å². The summed E-state index contributed by atoms with van der Waals surface area (Å²) >= 11 is 0. The minimum absolute atomic E-state index is 0.303. The third-order valence-electron chi connectivity index (χ3n) is 14.5. The summed E-state index contributed by atoms with van der Waals surface area (Å²) in [5.74, 6) is -3.29. The van der Waals surface area contributed by atoms with Gasteiger partial charge in [0.25, 0.3) is 0 Å². The largest absolute Gasteiger partial charge is 0.394 e. The van der Waals surface area contributed by atoms with E-state index in [-0.39, 0.29) is 6.42 Å². The fourth-order valence-corrected chi connectivity index (χ4v) is 10.3. The molecule has 6 aliphatic rings. The molecular formula is C45H77N3O30. The van der Waals surface area contributed by atoms with E-state index in [1.807, 2.05) is 0 Å². The van der Waals surface area contributed by atoms with Crippen LogP contribution in [-0.2, 0) is 66.5 Å². The Balaban J connectivity index is 1.26. The zero-order chi connectivity index (χ0) is 57.6. The Morgan fingerprint density at radius 3 is 1.35 bits per heavy atom. The van der Waals surface area contributed by atoms with Crippen molar-refractivity contribution in [3.05, 3.63) is 0 Å². The van der Waals surface area contributed by atoms with Gasteiger partial charge in [0.15, 0.2) is 31.5 Å². The second-order valence-electron chi connectivity index (χ2n) is 20.0. The van der Waals surface area contributed by atoms with Gasteiger partial charge in [0, 0.05) is 26.7 Å². The van der Waals surface area contributed by atoms with E-state index >= 15 is 0 Å². The third-order valence-corrected chi connectivity index (χ3v) is 14.5. The van der Waals surface area contributed by atoms with Gasteiger partial charge in [0.2, 0.25) is 17.7 Å². The minimum atomic E-state index is -2.23. The van der Waals surface area contributed by atoms with Crippen LogP contribution in [0.25, 0.3) is 0 Å². The molecule has 13 unspecified atom stereocenters. The van der Waals surface area contributed by atoms with Gasteiger partial charge in [-0.1, -0.05) is 0 Å². The van der Waals surface area contributed by atoms with Crippen molar-refractivity contribution in [1.82, 2.24) is 16.0 Å². The molecule has 6 rings (SSSR count). The zero-order valence-corrected chi connectivity index (χ0v) is 42.8. The van der Waals surface area contributed by atoms with E-state index in [4.69, 9.17) is 52.1 Å². The maximum absolute atomic E-state index is 12.7. The Bertz CT molecular complexity index is 1900. The molecule has 6 heterocycles. The number of aliphatic hydroxyl groups is 16. The van der Waals surface area contributed by atoms with Gasteiger partial charge < -0.3 is 150 Å². The second kappa shape index (κ2) is 28.5. The SMILES string of the molecule is CC(=O)NC1C(O)[C@H](O)[C@H](CO)O[C@H]1OCCC1[C@@H](OCC2O[C@@H](O[C@@H]3C(CO)O[C@@H](O[C@@H]4C(CO)O[C@@H](C)C(NC(C)=O)[C@H]4O)C(NC(C)=O)[C@H]3O)C(O)[C@@H](O[C@H]3OC(CO)[C@@H](O)C(O)C3O)[C@@H]2O)OC(CO)[C@@H](O)[C@@H]1O. The molecule has 0 bridgehead atoms. The molecule has 6 saturated heterocycles. The van der Waals surface area contributed by atoms with E-state index < -0.39 is 248 Å². The second-order valence-corrected chi connectivity index (χ2v) is 20.0. The summed E-state index contributed by atoms with van der Waals surface area (Å²) in [6, 6.07) is -4.13. The molecule has 0 saturated carbocycles. The lowest BCUT2D eigenvalue weighted by molar-refractivity contribution is -0.382. The number of rotatable bonds is 21. The summed E-state index contributed by atoms with van der Waals surface area (Å²) in [6.07, 6.45) is -45.5. The predicted octanol–water partition coefficient (Wildman–Crippen LogP) is -12.0. The molecule has 30 atom stereocenters. The molecule has 33 nitrogen and oxygen atoms in total. The molecule has 0 aromatic rings. The highest BCUT2D eigenvalue weighted by Crippen LogP contribution is 2.37. The Kier molecular flexibility index (Phi) is 23.6. The van der Waals surface area contributed by atoms with E-state index in [0.717, 1.165) is 13.8 Å². The maximum atomic E-state index is 12.7.